The molecule has 2 fully saturated rings. The molecule has 1 aliphatic heterocycles. The van der Waals surface area contributed by atoms with Crippen LogP contribution in [0.4, 0.5) is 0 Å². The predicted octanol–water partition coefficient (Wildman–Crippen LogP) is 3.35. The highest BCUT2D eigenvalue weighted by atomic mass is 35.5. The van der Waals surface area contributed by atoms with Crippen LogP contribution in [0.5, 0.6) is 0 Å². The standard InChI is InChI=1S/C16H21ClN2O/c1-3-16(2)15(20)19(10-11-4-5-11)14(18-16)12-6-8-13(17)9-7-12/h6-9,11,14,18H,3-5,10H2,1-2H3. The van der Waals surface area contributed by atoms with Crippen LogP contribution in [0.1, 0.15) is 44.8 Å². The number of carbonyl (C=O) groups excluding carboxylic acids is 1. The molecule has 1 aliphatic carbocycles. The van der Waals surface area contributed by atoms with Crippen LogP contribution in [-0.4, -0.2) is 22.9 Å². The third-order valence-electron chi connectivity index (χ3n) is 4.54. The lowest BCUT2D eigenvalue weighted by molar-refractivity contribution is -0.133. The molecule has 1 heterocycles. The van der Waals surface area contributed by atoms with Crippen LogP contribution < -0.4 is 5.32 Å². The van der Waals surface area contributed by atoms with Gasteiger partial charge in [-0.15, -0.1) is 0 Å². The maximum Gasteiger partial charge on any atom is 0.244 e. The van der Waals surface area contributed by atoms with Gasteiger partial charge in [0.2, 0.25) is 5.91 Å². The Labute approximate surface area is 125 Å². The van der Waals surface area contributed by atoms with Gasteiger partial charge >= 0.3 is 0 Å². The van der Waals surface area contributed by atoms with Gasteiger partial charge in [-0.1, -0.05) is 30.7 Å². The summed E-state index contributed by atoms with van der Waals surface area (Å²) in [6.45, 7) is 4.93. The smallest absolute Gasteiger partial charge is 0.244 e. The summed E-state index contributed by atoms with van der Waals surface area (Å²) < 4.78 is 0. The van der Waals surface area contributed by atoms with E-state index in [-0.39, 0.29) is 12.1 Å². The third kappa shape index (κ3) is 2.45. The highest BCUT2D eigenvalue weighted by molar-refractivity contribution is 6.30. The molecule has 3 rings (SSSR count). The zero-order valence-corrected chi connectivity index (χ0v) is 12.8. The van der Waals surface area contributed by atoms with Gasteiger partial charge in [0.15, 0.2) is 0 Å². The highest BCUT2D eigenvalue weighted by Gasteiger charge is 2.48. The molecule has 0 spiro atoms. The molecule has 108 valence electrons. The minimum absolute atomic E-state index is 0.0229. The Bertz CT molecular complexity index is 512. The molecule has 1 aromatic rings. The fraction of sp³-hybridized carbons (Fsp3) is 0.562. The topological polar surface area (TPSA) is 32.3 Å². The molecule has 4 heteroatoms. The Balaban J connectivity index is 1.89. The molecular weight excluding hydrogens is 272 g/mol. The molecular formula is C16H21ClN2O. The molecule has 1 saturated heterocycles. The van der Waals surface area contributed by atoms with E-state index in [9.17, 15) is 4.79 Å². The summed E-state index contributed by atoms with van der Waals surface area (Å²) in [5.41, 5.74) is 0.666. The number of hydrogen-bond donors (Lipinski definition) is 1. The van der Waals surface area contributed by atoms with Crippen molar-refractivity contribution in [3.63, 3.8) is 0 Å². The normalized spacial score (nSPS) is 30.1. The average Bonchev–Trinajstić information content (AvgIpc) is 3.22. The van der Waals surface area contributed by atoms with Gasteiger partial charge in [0.05, 0.1) is 5.54 Å². The lowest BCUT2D eigenvalue weighted by atomic mass is 9.99. The minimum Gasteiger partial charge on any atom is -0.321 e. The molecule has 2 aliphatic rings. The molecule has 3 nitrogen and oxygen atoms in total. The number of halogens is 1. The van der Waals surface area contributed by atoms with E-state index in [4.69, 9.17) is 11.6 Å². The molecule has 0 bridgehead atoms. The van der Waals surface area contributed by atoms with E-state index in [2.05, 4.69) is 12.2 Å². The zero-order valence-electron chi connectivity index (χ0n) is 12.0. The number of carbonyl (C=O) groups is 1. The van der Waals surface area contributed by atoms with Crippen LogP contribution in [0.25, 0.3) is 0 Å². The first-order chi connectivity index (χ1) is 9.53. The zero-order chi connectivity index (χ0) is 14.3. The van der Waals surface area contributed by atoms with Crippen molar-refractivity contribution in [2.24, 2.45) is 5.92 Å². The molecule has 1 saturated carbocycles. The summed E-state index contributed by atoms with van der Waals surface area (Å²) in [7, 11) is 0. The first-order valence-corrected chi connectivity index (χ1v) is 7.75. The van der Waals surface area contributed by atoms with Crippen molar-refractivity contribution in [3.8, 4) is 0 Å². The Kier molecular flexibility index (Phi) is 3.51. The quantitative estimate of drug-likeness (QED) is 0.923. The summed E-state index contributed by atoms with van der Waals surface area (Å²) >= 11 is 5.96. The fourth-order valence-electron chi connectivity index (χ4n) is 2.80. The minimum atomic E-state index is -0.445. The lowest BCUT2D eigenvalue weighted by Gasteiger charge is -2.24. The second-order valence-corrected chi connectivity index (χ2v) is 6.62. The van der Waals surface area contributed by atoms with Crippen LogP contribution in [0.15, 0.2) is 24.3 Å². The van der Waals surface area contributed by atoms with E-state index in [1.807, 2.05) is 36.1 Å². The summed E-state index contributed by atoms with van der Waals surface area (Å²) in [6, 6.07) is 7.79. The van der Waals surface area contributed by atoms with Crippen molar-refractivity contribution in [2.75, 3.05) is 6.54 Å². The SMILES string of the molecule is CCC1(C)NC(c2ccc(Cl)cc2)N(CC2CC2)C1=O. The van der Waals surface area contributed by atoms with Gasteiger partial charge < -0.3 is 4.90 Å². The second-order valence-electron chi connectivity index (χ2n) is 6.18. The number of rotatable bonds is 4. The summed E-state index contributed by atoms with van der Waals surface area (Å²) in [5, 5.41) is 4.25. The number of nitrogens with zero attached hydrogens (tertiary/aromatic N) is 1. The molecule has 20 heavy (non-hydrogen) atoms. The molecule has 2 atom stereocenters. The van der Waals surface area contributed by atoms with E-state index in [1.165, 1.54) is 12.8 Å². The second kappa shape index (κ2) is 5.05. The lowest BCUT2D eigenvalue weighted by Crippen LogP contribution is -2.43. The van der Waals surface area contributed by atoms with Crippen molar-refractivity contribution in [3.05, 3.63) is 34.9 Å². The monoisotopic (exact) mass is 292 g/mol. The van der Waals surface area contributed by atoms with Gasteiger partial charge in [-0.2, -0.15) is 0 Å². The van der Waals surface area contributed by atoms with Gasteiger partial charge in [0.1, 0.15) is 6.17 Å². The first kappa shape index (κ1) is 13.9. The van der Waals surface area contributed by atoms with Crippen LogP contribution in [0, 0.1) is 5.92 Å². The fourth-order valence-corrected chi connectivity index (χ4v) is 2.93. The third-order valence-corrected chi connectivity index (χ3v) is 4.80. The average molecular weight is 293 g/mol. The van der Waals surface area contributed by atoms with E-state index in [0.29, 0.717) is 5.92 Å². The Morgan fingerprint density at radius 2 is 2.00 bits per heavy atom. The van der Waals surface area contributed by atoms with Gasteiger partial charge in [-0.05, 0) is 49.8 Å². The van der Waals surface area contributed by atoms with Crippen molar-refractivity contribution in [2.45, 2.75) is 44.8 Å². The van der Waals surface area contributed by atoms with E-state index in [1.54, 1.807) is 0 Å². The van der Waals surface area contributed by atoms with E-state index >= 15 is 0 Å². The molecule has 2 unspecified atom stereocenters. The van der Waals surface area contributed by atoms with Crippen molar-refractivity contribution in [1.29, 1.82) is 0 Å². The predicted molar refractivity (Wildman–Crippen MR) is 80.5 cm³/mol. The first-order valence-electron chi connectivity index (χ1n) is 7.38. The van der Waals surface area contributed by atoms with Crippen molar-refractivity contribution < 1.29 is 4.79 Å². The maximum absolute atomic E-state index is 12.7. The van der Waals surface area contributed by atoms with Gasteiger partial charge in [-0.3, -0.25) is 10.1 Å². The van der Waals surface area contributed by atoms with Crippen LogP contribution >= 0.6 is 11.6 Å². The van der Waals surface area contributed by atoms with Crippen LogP contribution in [0.2, 0.25) is 5.02 Å². The number of hydrogen-bond acceptors (Lipinski definition) is 2. The molecule has 1 aromatic carbocycles. The Hall–Kier alpha value is -1.06. The van der Waals surface area contributed by atoms with E-state index < -0.39 is 5.54 Å². The van der Waals surface area contributed by atoms with Crippen LogP contribution in [-0.2, 0) is 4.79 Å². The van der Waals surface area contributed by atoms with Gasteiger partial charge in [0, 0.05) is 11.6 Å². The summed E-state index contributed by atoms with van der Waals surface area (Å²) in [6.07, 6.45) is 3.28. The van der Waals surface area contributed by atoms with Gasteiger partial charge in [0.25, 0.3) is 0 Å². The van der Waals surface area contributed by atoms with E-state index in [0.717, 1.165) is 23.6 Å². The molecule has 1 amide bonds. The number of amides is 1. The Morgan fingerprint density at radius 3 is 2.55 bits per heavy atom. The molecule has 0 aromatic heterocycles. The van der Waals surface area contributed by atoms with Gasteiger partial charge in [-0.25, -0.2) is 0 Å². The highest BCUT2D eigenvalue weighted by Crippen LogP contribution is 2.38. The summed E-state index contributed by atoms with van der Waals surface area (Å²) in [4.78, 5) is 14.7. The van der Waals surface area contributed by atoms with Crippen LogP contribution in [0.3, 0.4) is 0 Å². The molecule has 1 N–H and O–H groups in total. The van der Waals surface area contributed by atoms with Crippen molar-refractivity contribution >= 4 is 17.5 Å². The maximum atomic E-state index is 12.7. The summed E-state index contributed by atoms with van der Waals surface area (Å²) in [5.74, 6) is 0.918. The number of nitrogens with one attached hydrogen (secondary N) is 1. The number of benzene rings is 1. The largest absolute Gasteiger partial charge is 0.321 e. The molecule has 0 radical (unpaired) electrons. The van der Waals surface area contributed by atoms with Crippen molar-refractivity contribution in [1.82, 2.24) is 10.2 Å². The Morgan fingerprint density at radius 1 is 1.35 bits per heavy atom.